The Hall–Kier alpha value is -3.56. The maximum atomic E-state index is 14.8. The first-order valence-electron chi connectivity index (χ1n) is 11.1. The number of nitrogens with one attached hydrogen (secondary N) is 1. The molecule has 35 heavy (non-hydrogen) atoms. The average Bonchev–Trinajstić information content (AvgIpc) is 3.36. The molecule has 2 fully saturated rings. The predicted octanol–water partition coefficient (Wildman–Crippen LogP) is 4.25. The summed E-state index contributed by atoms with van der Waals surface area (Å²) in [7, 11) is 0. The molecule has 3 amide bonds. The number of hydrogen-bond donors (Lipinski definition) is 1. The number of rotatable bonds is 5. The van der Waals surface area contributed by atoms with Crippen molar-refractivity contribution in [2.45, 2.75) is 19.0 Å². The summed E-state index contributed by atoms with van der Waals surface area (Å²) < 4.78 is 20.9. The average molecular weight is 538 g/mol. The minimum atomic E-state index is -1.13. The van der Waals surface area contributed by atoms with E-state index in [0.29, 0.717) is 28.1 Å². The number of hydrogen-bond acceptors (Lipinski definition) is 5. The quantitative estimate of drug-likeness (QED) is 0.492. The van der Waals surface area contributed by atoms with Gasteiger partial charge in [0.25, 0.3) is 11.8 Å². The van der Waals surface area contributed by atoms with E-state index >= 15 is 0 Å². The summed E-state index contributed by atoms with van der Waals surface area (Å²) in [5, 5.41) is 1.17. The fourth-order valence-corrected chi connectivity index (χ4v) is 5.03. The molecular formula is C26H21BrFN3O4. The summed E-state index contributed by atoms with van der Waals surface area (Å²) in [5.74, 6) is -2.47. The summed E-state index contributed by atoms with van der Waals surface area (Å²) >= 11 is 3.35. The highest BCUT2D eigenvalue weighted by atomic mass is 79.9. The Morgan fingerprint density at radius 2 is 1.77 bits per heavy atom. The van der Waals surface area contributed by atoms with Gasteiger partial charge in [-0.3, -0.25) is 19.4 Å². The standard InChI is InChI=1S/C26H21BrFN3O4/c1-2-35-18-12-10-17(11-13-18)30-25(33)21-22(19-8-3-4-9-20(19)28)29-31(23(21)26(30)34)24(32)15-6-5-7-16(27)14-15/h3-14,21-23,29H,2H2,1H3/t21-,22-,23-/m1/s1. The van der Waals surface area contributed by atoms with E-state index in [1.807, 2.05) is 6.92 Å². The van der Waals surface area contributed by atoms with Gasteiger partial charge in [-0.05, 0) is 55.5 Å². The molecule has 0 unspecified atom stereocenters. The smallest absolute Gasteiger partial charge is 0.268 e. The van der Waals surface area contributed by atoms with Crippen molar-refractivity contribution in [2.24, 2.45) is 5.92 Å². The number of carbonyl (C=O) groups excluding carboxylic acids is 3. The van der Waals surface area contributed by atoms with E-state index in [2.05, 4.69) is 21.4 Å². The molecular weight excluding hydrogens is 517 g/mol. The number of amides is 3. The third-order valence-corrected chi connectivity index (χ3v) is 6.66. The lowest BCUT2D eigenvalue weighted by molar-refractivity contribution is -0.123. The van der Waals surface area contributed by atoms with E-state index < -0.39 is 41.5 Å². The lowest BCUT2D eigenvalue weighted by atomic mass is 9.90. The Morgan fingerprint density at radius 3 is 2.46 bits per heavy atom. The molecule has 0 spiro atoms. The van der Waals surface area contributed by atoms with Gasteiger partial charge in [0.1, 0.15) is 17.6 Å². The third-order valence-electron chi connectivity index (χ3n) is 6.17. The van der Waals surface area contributed by atoms with Crippen LogP contribution < -0.4 is 15.1 Å². The molecule has 178 valence electrons. The first kappa shape index (κ1) is 23.2. The Balaban J connectivity index is 1.56. The highest BCUT2D eigenvalue weighted by Crippen LogP contribution is 2.43. The monoisotopic (exact) mass is 537 g/mol. The van der Waals surface area contributed by atoms with Crippen molar-refractivity contribution in [3.05, 3.63) is 94.2 Å². The SMILES string of the molecule is CCOc1ccc(N2C(=O)[C@@H]3[C@@H](c4ccccc4F)NN(C(=O)c4cccc(Br)c4)[C@H]3C2=O)cc1. The van der Waals surface area contributed by atoms with Crippen molar-refractivity contribution in [1.29, 1.82) is 0 Å². The Labute approximate surface area is 209 Å². The molecule has 7 nitrogen and oxygen atoms in total. The number of nitrogens with zero attached hydrogens (tertiary/aromatic N) is 2. The Bertz CT molecular complexity index is 1320. The van der Waals surface area contributed by atoms with Crippen molar-refractivity contribution in [3.8, 4) is 5.75 Å². The largest absolute Gasteiger partial charge is 0.494 e. The maximum absolute atomic E-state index is 14.8. The van der Waals surface area contributed by atoms with Crippen LogP contribution in [0.4, 0.5) is 10.1 Å². The molecule has 9 heteroatoms. The number of carbonyl (C=O) groups is 3. The van der Waals surface area contributed by atoms with Crippen LogP contribution in [-0.4, -0.2) is 35.4 Å². The van der Waals surface area contributed by atoms with Crippen LogP contribution in [0.2, 0.25) is 0 Å². The van der Waals surface area contributed by atoms with Gasteiger partial charge in [-0.2, -0.15) is 0 Å². The molecule has 2 aliphatic rings. The van der Waals surface area contributed by atoms with Crippen LogP contribution in [0.5, 0.6) is 5.75 Å². The van der Waals surface area contributed by atoms with Gasteiger partial charge in [0.05, 0.1) is 24.3 Å². The number of hydrazine groups is 1. The Morgan fingerprint density at radius 1 is 1.03 bits per heavy atom. The molecule has 0 bridgehead atoms. The first-order valence-corrected chi connectivity index (χ1v) is 11.9. The van der Waals surface area contributed by atoms with Crippen molar-refractivity contribution in [3.63, 3.8) is 0 Å². The molecule has 0 radical (unpaired) electrons. The van der Waals surface area contributed by atoms with Gasteiger partial charge in [-0.1, -0.05) is 40.2 Å². The Kier molecular flexibility index (Phi) is 6.12. The zero-order valence-corrected chi connectivity index (χ0v) is 20.2. The lowest BCUT2D eigenvalue weighted by Crippen LogP contribution is -2.48. The fourth-order valence-electron chi connectivity index (χ4n) is 4.63. The van der Waals surface area contributed by atoms with Crippen molar-refractivity contribution in [1.82, 2.24) is 10.4 Å². The van der Waals surface area contributed by atoms with Crippen LogP contribution in [0, 0.1) is 11.7 Å². The van der Waals surface area contributed by atoms with Crippen molar-refractivity contribution < 1.29 is 23.5 Å². The normalized spacial score (nSPS) is 21.4. The third kappa shape index (κ3) is 4.00. The molecule has 0 saturated carbocycles. The fraction of sp³-hybridized carbons (Fsp3) is 0.192. The molecule has 0 aromatic heterocycles. The van der Waals surface area contributed by atoms with Crippen LogP contribution in [0.1, 0.15) is 28.9 Å². The minimum absolute atomic E-state index is 0.210. The number of anilines is 1. The second-order valence-corrected chi connectivity index (χ2v) is 9.14. The zero-order valence-electron chi connectivity index (χ0n) is 18.7. The zero-order chi connectivity index (χ0) is 24.7. The van der Waals surface area contributed by atoms with Gasteiger partial charge in [-0.25, -0.2) is 14.7 Å². The van der Waals surface area contributed by atoms with Crippen LogP contribution in [0.25, 0.3) is 0 Å². The molecule has 2 heterocycles. The lowest BCUT2D eigenvalue weighted by Gasteiger charge is -2.25. The molecule has 3 atom stereocenters. The van der Waals surface area contributed by atoms with E-state index in [1.165, 1.54) is 11.1 Å². The van der Waals surface area contributed by atoms with E-state index in [1.54, 1.807) is 66.7 Å². The van der Waals surface area contributed by atoms with Gasteiger partial charge < -0.3 is 4.74 Å². The van der Waals surface area contributed by atoms with E-state index in [4.69, 9.17) is 4.74 Å². The molecule has 2 aliphatic heterocycles. The van der Waals surface area contributed by atoms with Crippen LogP contribution >= 0.6 is 15.9 Å². The van der Waals surface area contributed by atoms with Gasteiger partial charge in [0.2, 0.25) is 5.91 Å². The number of halogens is 2. The summed E-state index contributed by atoms with van der Waals surface area (Å²) in [5.41, 5.74) is 3.86. The number of fused-ring (bicyclic) bond motifs is 1. The van der Waals surface area contributed by atoms with Crippen LogP contribution in [0.15, 0.2) is 77.3 Å². The summed E-state index contributed by atoms with van der Waals surface area (Å²) in [6.07, 6.45) is 0. The second kappa shape index (κ2) is 9.24. The highest BCUT2D eigenvalue weighted by Gasteiger charge is 2.60. The van der Waals surface area contributed by atoms with Crippen molar-refractivity contribution in [2.75, 3.05) is 11.5 Å². The highest BCUT2D eigenvalue weighted by molar-refractivity contribution is 9.10. The molecule has 2 saturated heterocycles. The molecule has 0 aliphatic carbocycles. The second-order valence-electron chi connectivity index (χ2n) is 8.22. The summed E-state index contributed by atoms with van der Waals surface area (Å²) in [6, 6.07) is 17.3. The molecule has 3 aromatic carbocycles. The van der Waals surface area contributed by atoms with Gasteiger partial charge in [0, 0.05) is 15.6 Å². The van der Waals surface area contributed by atoms with Crippen LogP contribution in [0.3, 0.4) is 0 Å². The maximum Gasteiger partial charge on any atom is 0.268 e. The number of imide groups is 1. The predicted molar refractivity (Wildman–Crippen MR) is 130 cm³/mol. The van der Waals surface area contributed by atoms with E-state index in [-0.39, 0.29) is 5.56 Å². The van der Waals surface area contributed by atoms with Gasteiger partial charge >= 0.3 is 0 Å². The van der Waals surface area contributed by atoms with Crippen molar-refractivity contribution >= 4 is 39.3 Å². The number of ether oxygens (including phenoxy) is 1. The van der Waals surface area contributed by atoms with Crippen LogP contribution in [-0.2, 0) is 9.59 Å². The van der Waals surface area contributed by atoms with Gasteiger partial charge in [-0.15, -0.1) is 0 Å². The minimum Gasteiger partial charge on any atom is -0.494 e. The molecule has 1 N–H and O–H groups in total. The first-order chi connectivity index (χ1) is 16.9. The molecule has 3 aromatic rings. The summed E-state index contributed by atoms with van der Waals surface area (Å²) in [4.78, 5) is 41.8. The number of benzene rings is 3. The molecule has 5 rings (SSSR count). The van der Waals surface area contributed by atoms with E-state index in [9.17, 15) is 18.8 Å². The topological polar surface area (TPSA) is 79.0 Å². The summed E-state index contributed by atoms with van der Waals surface area (Å²) in [6.45, 7) is 2.34. The van der Waals surface area contributed by atoms with Gasteiger partial charge in [0.15, 0.2) is 0 Å². The van der Waals surface area contributed by atoms with E-state index in [0.717, 1.165) is 4.90 Å².